The van der Waals surface area contributed by atoms with Gasteiger partial charge in [-0.15, -0.1) is 0 Å². The van der Waals surface area contributed by atoms with Crippen LogP contribution in [0.3, 0.4) is 0 Å². The van der Waals surface area contributed by atoms with Crippen LogP contribution in [0.25, 0.3) is 0 Å². The molecule has 146 valence electrons. The Bertz CT molecular complexity index is 863. The molecule has 0 N–H and O–H groups in total. The van der Waals surface area contributed by atoms with Crippen LogP contribution in [0, 0.1) is 0 Å². The quantitative estimate of drug-likeness (QED) is 0.420. The minimum absolute atomic E-state index is 0.0752. The van der Waals surface area contributed by atoms with Gasteiger partial charge in [-0.1, -0.05) is 54.1 Å². The van der Waals surface area contributed by atoms with Gasteiger partial charge in [-0.25, -0.2) is 0 Å². The highest BCUT2D eigenvalue weighted by atomic mass is 35.5. The van der Waals surface area contributed by atoms with Gasteiger partial charge in [0, 0.05) is 5.02 Å². The van der Waals surface area contributed by atoms with Gasteiger partial charge in [-0.2, -0.15) is 13.2 Å². The molecule has 0 fully saturated rings. The summed E-state index contributed by atoms with van der Waals surface area (Å²) >= 11 is 5.76. The molecule has 0 spiro atoms. The van der Waals surface area contributed by atoms with Gasteiger partial charge in [0.2, 0.25) is 0 Å². The molecule has 3 aromatic rings. The Morgan fingerprint density at radius 1 is 0.786 bits per heavy atom. The van der Waals surface area contributed by atoms with Crippen LogP contribution in [0.5, 0.6) is 11.5 Å². The summed E-state index contributed by atoms with van der Waals surface area (Å²) in [7, 11) is 0. The minimum atomic E-state index is -4.40. The van der Waals surface area contributed by atoms with Crippen LogP contribution < -0.4 is 4.74 Å². The van der Waals surface area contributed by atoms with Crippen molar-refractivity contribution in [2.24, 2.45) is 0 Å². The third kappa shape index (κ3) is 5.75. The van der Waals surface area contributed by atoms with Crippen molar-refractivity contribution in [1.29, 1.82) is 0 Å². The molecule has 3 rings (SSSR count). The van der Waals surface area contributed by atoms with Crippen molar-refractivity contribution in [3.05, 3.63) is 95.0 Å². The highest BCUT2D eigenvalue weighted by Gasteiger charge is 2.40. The van der Waals surface area contributed by atoms with Crippen molar-refractivity contribution < 1.29 is 22.6 Å². The normalized spacial score (nSPS) is 12.6. The van der Waals surface area contributed by atoms with E-state index in [0.29, 0.717) is 16.5 Å². The first kappa shape index (κ1) is 20.2. The highest BCUT2D eigenvalue weighted by Crippen LogP contribution is 2.35. The summed E-state index contributed by atoms with van der Waals surface area (Å²) in [5.74, 6) is -0.350. The van der Waals surface area contributed by atoms with Gasteiger partial charge in [-0.05, 0) is 47.5 Å². The smallest absolute Gasteiger partial charge is 0.397 e. The second-order valence-electron chi connectivity index (χ2n) is 6.22. The summed E-state index contributed by atoms with van der Waals surface area (Å²) in [6.45, 7) is -0.390. The average Bonchev–Trinajstić information content (AvgIpc) is 2.67. The van der Waals surface area contributed by atoms with Crippen LogP contribution in [-0.4, -0.2) is 12.8 Å². The highest BCUT2D eigenvalue weighted by molar-refractivity contribution is 6.30. The molecule has 0 saturated heterocycles. The molecular formula is C22H18ClF3O2. The van der Waals surface area contributed by atoms with Gasteiger partial charge >= 0.3 is 6.18 Å². The second kappa shape index (κ2) is 9.13. The third-order valence-electron chi connectivity index (χ3n) is 4.12. The first-order valence-corrected chi connectivity index (χ1v) is 9.01. The number of halogens is 4. The Morgan fingerprint density at radius 3 is 2.00 bits per heavy atom. The monoisotopic (exact) mass is 406 g/mol. The molecule has 0 aliphatic heterocycles. The molecule has 0 heterocycles. The van der Waals surface area contributed by atoms with Crippen LogP contribution in [-0.2, 0) is 11.3 Å². The van der Waals surface area contributed by atoms with E-state index in [9.17, 15) is 13.2 Å². The van der Waals surface area contributed by atoms with E-state index in [2.05, 4.69) is 0 Å². The number of benzene rings is 3. The number of para-hydroxylation sites is 1. The summed E-state index contributed by atoms with van der Waals surface area (Å²) < 4.78 is 51.1. The van der Waals surface area contributed by atoms with E-state index in [-0.39, 0.29) is 12.2 Å². The van der Waals surface area contributed by atoms with Crippen molar-refractivity contribution >= 4 is 11.6 Å². The molecule has 3 aromatic carbocycles. The van der Waals surface area contributed by atoms with Gasteiger partial charge in [0.25, 0.3) is 0 Å². The number of rotatable bonds is 7. The summed E-state index contributed by atoms with van der Waals surface area (Å²) in [5, 5.41) is 0.392. The van der Waals surface area contributed by atoms with Crippen molar-refractivity contribution in [3.8, 4) is 11.5 Å². The summed E-state index contributed by atoms with van der Waals surface area (Å²) in [6, 6.07) is 22.0. The molecule has 0 saturated carbocycles. The maximum atomic E-state index is 13.4. The van der Waals surface area contributed by atoms with Gasteiger partial charge in [0.05, 0.1) is 13.2 Å². The summed E-state index contributed by atoms with van der Waals surface area (Å²) in [5.41, 5.74) is 0.890. The van der Waals surface area contributed by atoms with E-state index in [4.69, 9.17) is 21.1 Å². The molecule has 1 unspecified atom stereocenters. The minimum Gasteiger partial charge on any atom is -0.457 e. The van der Waals surface area contributed by atoms with Crippen molar-refractivity contribution in [2.45, 2.75) is 18.7 Å². The van der Waals surface area contributed by atoms with E-state index in [1.54, 1.807) is 24.3 Å². The van der Waals surface area contributed by atoms with Crippen molar-refractivity contribution in [3.63, 3.8) is 0 Å². The number of alkyl halides is 3. The van der Waals surface area contributed by atoms with Crippen molar-refractivity contribution in [2.75, 3.05) is 6.61 Å². The molecule has 0 aromatic heterocycles. The Balaban J connectivity index is 1.57. The molecular weight excluding hydrogens is 389 g/mol. The molecule has 0 amide bonds. The Morgan fingerprint density at radius 2 is 1.39 bits per heavy atom. The number of ether oxygens (including phenoxy) is 2. The van der Waals surface area contributed by atoms with E-state index in [1.807, 2.05) is 30.3 Å². The average molecular weight is 407 g/mol. The first-order chi connectivity index (χ1) is 13.4. The molecule has 28 heavy (non-hydrogen) atoms. The topological polar surface area (TPSA) is 18.5 Å². The third-order valence-corrected chi connectivity index (χ3v) is 4.37. The lowest BCUT2D eigenvalue weighted by molar-refractivity contribution is -0.163. The zero-order valence-electron chi connectivity index (χ0n) is 14.8. The maximum absolute atomic E-state index is 13.4. The van der Waals surface area contributed by atoms with Gasteiger partial charge in [0.15, 0.2) is 0 Å². The second-order valence-corrected chi connectivity index (χ2v) is 6.66. The Hall–Kier alpha value is -2.50. The fourth-order valence-electron chi connectivity index (χ4n) is 2.65. The summed E-state index contributed by atoms with van der Waals surface area (Å²) in [4.78, 5) is 0. The van der Waals surface area contributed by atoms with E-state index < -0.39 is 18.7 Å². The molecule has 2 nitrogen and oxygen atoms in total. The molecule has 0 radical (unpaired) electrons. The van der Waals surface area contributed by atoms with E-state index in [1.165, 1.54) is 24.3 Å². The molecule has 0 aliphatic carbocycles. The van der Waals surface area contributed by atoms with Gasteiger partial charge < -0.3 is 9.47 Å². The van der Waals surface area contributed by atoms with Crippen LogP contribution in [0.1, 0.15) is 17.0 Å². The van der Waals surface area contributed by atoms with Crippen LogP contribution in [0.15, 0.2) is 78.9 Å². The Labute approximate surface area is 166 Å². The van der Waals surface area contributed by atoms with Crippen LogP contribution in [0.2, 0.25) is 5.02 Å². The summed E-state index contributed by atoms with van der Waals surface area (Å²) in [6.07, 6.45) is -4.40. The molecule has 1 atom stereocenters. The lowest BCUT2D eigenvalue weighted by Gasteiger charge is -2.21. The molecule has 0 aliphatic rings. The number of hydrogen-bond acceptors (Lipinski definition) is 2. The lowest BCUT2D eigenvalue weighted by atomic mass is 9.99. The lowest BCUT2D eigenvalue weighted by Crippen LogP contribution is -2.25. The van der Waals surface area contributed by atoms with Gasteiger partial charge in [-0.3, -0.25) is 0 Å². The van der Waals surface area contributed by atoms with Crippen LogP contribution in [0.4, 0.5) is 13.2 Å². The SMILES string of the molecule is FC(F)(F)C(COCc1ccc(Oc2ccccc2)cc1)c1ccc(Cl)cc1. The first-order valence-electron chi connectivity index (χ1n) is 8.63. The van der Waals surface area contributed by atoms with Crippen LogP contribution >= 0.6 is 11.6 Å². The van der Waals surface area contributed by atoms with Crippen molar-refractivity contribution in [1.82, 2.24) is 0 Å². The maximum Gasteiger partial charge on any atom is 0.397 e. The fraction of sp³-hybridized carbons (Fsp3) is 0.182. The standard InChI is InChI=1S/C22H18ClF3O2/c23-18-10-8-17(9-11-18)21(22(24,25)26)15-27-14-16-6-12-20(13-7-16)28-19-4-2-1-3-5-19/h1-13,21H,14-15H2. The predicted octanol–water partition coefficient (Wildman–Crippen LogP) is 7.00. The Kier molecular flexibility index (Phi) is 6.60. The predicted molar refractivity (Wildman–Crippen MR) is 103 cm³/mol. The number of hydrogen-bond donors (Lipinski definition) is 0. The zero-order valence-corrected chi connectivity index (χ0v) is 15.6. The molecule has 0 bridgehead atoms. The molecule has 6 heteroatoms. The van der Waals surface area contributed by atoms with E-state index >= 15 is 0 Å². The van der Waals surface area contributed by atoms with E-state index in [0.717, 1.165) is 5.56 Å². The van der Waals surface area contributed by atoms with Gasteiger partial charge in [0.1, 0.15) is 17.4 Å². The zero-order chi connectivity index (χ0) is 20.0. The fourth-order valence-corrected chi connectivity index (χ4v) is 2.77. The largest absolute Gasteiger partial charge is 0.457 e.